The lowest BCUT2D eigenvalue weighted by Gasteiger charge is -2.25. The van der Waals surface area contributed by atoms with E-state index in [0.29, 0.717) is 5.02 Å². The molecule has 24 heavy (non-hydrogen) atoms. The number of anilines is 1. The molecular weight excluding hydrogens is 324 g/mol. The molecule has 7 heteroatoms. The smallest absolute Gasteiger partial charge is 0.218 e. The minimum Gasteiger partial charge on any atom is -0.376 e. The molecule has 1 aliphatic heterocycles. The van der Waals surface area contributed by atoms with E-state index < -0.39 is 0 Å². The molecule has 0 amide bonds. The largest absolute Gasteiger partial charge is 0.376 e. The number of rotatable bonds is 8. The van der Waals surface area contributed by atoms with Gasteiger partial charge in [0, 0.05) is 40.1 Å². The van der Waals surface area contributed by atoms with Crippen LogP contribution in [-0.2, 0) is 0 Å². The Morgan fingerprint density at radius 2 is 2.00 bits per heavy atom. The van der Waals surface area contributed by atoms with Crippen LogP contribution in [0.15, 0.2) is 40.8 Å². The minimum absolute atomic E-state index is 0.102. The second-order valence-corrected chi connectivity index (χ2v) is 6.55. The van der Waals surface area contributed by atoms with Gasteiger partial charge in [-0.15, -0.1) is 5.11 Å². The summed E-state index contributed by atoms with van der Waals surface area (Å²) in [6, 6.07) is 5.73. The van der Waals surface area contributed by atoms with E-state index in [1.54, 1.807) is 0 Å². The van der Waals surface area contributed by atoms with Crippen LogP contribution >= 0.6 is 11.6 Å². The summed E-state index contributed by atoms with van der Waals surface area (Å²) >= 11 is 6.29. The summed E-state index contributed by atoms with van der Waals surface area (Å²) in [6.45, 7) is 1.70. The van der Waals surface area contributed by atoms with Crippen LogP contribution in [0.5, 0.6) is 0 Å². The summed E-state index contributed by atoms with van der Waals surface area (Å²) in [7, 11) is 5.93. The fraction of sp³-hybridized carbons (Fsp3) is 0.529. The Hall–Kier alpha value is -1.79. The van der Waals surface area contributed by atoms with Crippen LogP contribution in [0.3, 0.4) is 0 Å². The van der Waals surface area contributed by atoms with E-state index in [2.05, 4.69) is 21.3 Å². The normalized spacial score (nSPS) is 17.3. The Bertz CT molecular complexity index is 586. The van der Waals surface area contributed by atoms with Crippen LogP contribution < -0.4 is 10.6 Å². The molecule has 6 nitrogen and oxygen atoms in total. The van der Waals surface area contributed by atoms with Gasteiger partial charge in [-0.2, -0.15) is 5.11 Å². The zero-order chi connectivity index (χ0) is 17.5. The maximum atomic E-state index is 6.29. The van der Waals surface area contributed by atoms with Crippen LogP contribution in [0, 0.1) is 0 Å². The number of unbranched alkanes of at least 4 members (excludes halogenated alkanes) is 2. The Labute approximate surface area is 149 Å². The fourth-order valence-corrected chi connectivity index (χ4v) is 2.91. The third-order valence-corrected chi connectivity index (χ3v) is 4.27. The van der Waals surface area contributed by atoms with Gasteiger partial charge in [-0.3, -0.25) is 0 Å². The van der Waals surface area contributed by atoms with Crippen molar-refractivity contribution < 1.29 is 0 Å². The Balaban J connectivity index is 1.99. The quantitative estimate of drug-likeness (QED) is 0.574. The van der Waals surface area contributed by atoms with E-state index in [9.17, 15) is 0 Å². The van der Waals surface area contributed by atoms with Gasteiger partial charge >= 0.3 is 0 Å². The second kappa shape index (κ2) is 8.89. The lowest BCUT2D eigenvalue weighted by molar-refractivity contribution is 0.175. The van der Waals surface area contributed by atoms with Gasteiger partial charge in [0.05, 0.1) is 16.4 Å². The number of nitrogens with two attached hydrogens (primary N) is 1. The number of hydrogen-bond donors (Lipinski definition) is 1. The Kier molecular flexibility index (Phi) is 6.87. The maximum Gasteiger partial charge on any atom is 0.218 e. The van der Waals surface area contributed by atoms with Crippen molar-refractivity contribution in [2.24, 2.45) is 16.0 Å². The molecule has 1 aromatic carbocycles. The molecule has 0 fully saturated rings. The minimum atomic E-state index is -0.102. The Morgan fingerprint density at radius 3 is 2.67 bits per heavy atom. The lowest BCUT2D eigenvalue weighted by Crippen LogP contribution is -2.35. The van der Waals surface area contributed by atoms with Crippen molar-refractivity contribution in [1.29, 1.82) is 0 Å². The summed E-state index contributed by atoms with van der Waals surface area (Å²) in [6.07, 6.45) is 7.29. The van der Waals surface area contributed by atoms with Crippen molar-refractivity contribution in [3.05, 3.63) is 35.6 Å². The van der Waals surface area contributed by atoms with E-state index >= 15 is 0 Å². The van der Waals surface area contributed by atoms with Crippen LogP contribution in [0.25, 0.3) is 0 Å². The molecule has 1 unspecified atom stereocenters. The second-order valence-electron chi connectivity index (χ2n) is 6.14. The first-order valence-electron chi connectivity index (χ1n) is 8.26. The van der Waals surface area contributed by atoms with Gasteiger partial charge in [0.2, 0.25) is 6.29 Å². The molecule has 0 aromatic heterocycles. The number of benzene rings is 1. The highest BCUT2D eigenvalue weighted by Gasteiger charge is 2.22. The standard InChI is InChI=1S/C17H27ClN6/c1-22(2)16-8-7-14(13-15(16)18)20-21-17-23(3)11-12-24(17)10-6-4-5-9-19/h7-8,11-13,17H,4-6,9-10,19H2,1-3H3/b21-20+. The molecule has 2 N–H and O–H groups in total. The molecular formula is C17H27ClN6. The SMILES string of the molecule is CN(C)c1ccc(/N=N/C2N(C)C=CN2CCCCCN)cc1Cl. The van der Waals surface area contributed by atoms with E-state index in [1.807, 2.05) is 55.3 Å². The monoisotopic (exact) mass is 350 g/mol. The molecule has 0 radical (unpaired) electrons. The molecule has 1 heterocycles. The van der Waals surface area contributed by atoms with Gasteiger partial charge in [-0.1, -0.05) is 18.0 Å². The zero-order valence-corrected chi connectivity index (χ0v) is 15.4. The van der Waals surface area contributed by atoms with Gasteiger partial charge in [0.1, 0.15) is 0 Å². The number of halogens is 1. The fourth-order valence-electron chi connectivity index (χ4n) is 2.57. The lowest BCUT2D eigenvalue weighted by atomic mass is 10.2. The molecule has 1 atom stereocenters. The van der Waals surface area contributed by atoms with E-state index in [1.165, 1.54) is 0 Å². The van der Waals surface area contributed by atoms with Crippen LogP contribution in [0.1, 0.15) is 19.3 Å². The molecule has 0 aliphatic carbocycles. The highest BCUT2D eigenvalue weighted by Crippen LogP contribution is 2.29. The topological polar surface area (TPSA) is 60.5 Å². The third-order valence-electron chi connectivity index (χ3n) is 3.96. The van der Waals surface area contributed by atoms with Crippen molar-refractivity contribution in [1.82, 2.24) is 9.80 Å². The molecule has 0 spiro atoms. The van der Waals surface area contributed by atoms with Gasteiger partial charge < -0.3 is 20.4 Å². The summed E-state index contributed by atoms with van der Waals surface area (Å²) in [5.74, 6) is 0. The first-order chi connectivity index (χ1) is 11.5. The van der Waals surface area contributed by atoms with Crippen molar-refractivity contribution in [2.75, 3.05) is 39.1 Å². The highest BCUT2D eigenvalue weighted by molar-refractivity contribution is 6.33. The Morgan fingerprint density at radius 1 is 1.21 bits per heavy atom. The maximum absolute atomic E-state index is 6.29. The number of nitrogens with zero attached hydrogens (tertiary/aromatic N) is 5. The van der Waals surface area contributed by atoms with Gasteiger partial charge in [-0.25, -0.2) is 0 Å². The average Bonchev–Trinajstić information content (AvgIpc) is 2.89. The first-order valence-corrected chi connectivity index (χ1v) is 8.64. The highest BCUT2D eigenvalue weighted by atomic mass is 35.5. The third kappa shape index (κ3) is 4.85. The summed E-state index contributed by atoms with van der Waals surface area (Å²) in [5, 5.41) is 9.54. The summed E-state index contributed by atoms with van der Waals surface area (Å²) < 4.78 is 0. The van der Waals surface area contributed by atoms with Crippen molar-refractivity contribution in [3.63, 3.8) is 0 Å². The zero-order valence-electron chi connectivity index (χ0n) is 14.7. The summed E-state index contributed by atoms with van der Waals surface area (Å²) in [4.78, 5) is 6.21. The van der Waals surface area contributed by atoms with Crippen LogP contribution in [0.4, 0.5) is 11.4 Å². The molecule has 1 aromatic rings. The molecule has 0 bridgehead atoms. The van der Waals surface area contributed by atoms with Gasteiger partial charge in [0.15, 0.2) is 0 Å². The molecule has 0 saturated carbocycles. The van der Waals surface area contributed by atoms with Crippen LogP contribution in [-0.4, -0.2) is 50.3 Å². The summed E-state index contributed by atoms with van der Waals surface area (Å²) in [5.41, 5.74) is 7.27. The van der Waals surface area contributed by atoms with E-state index in [4.69, 9.17) is 17.3 Å². The predicted molar refractivity (Wildman–Crippen MR) is 101 cm³/mol. The van der Waals surface area contributed by atoms with Crippen molar-refractivity contribution >= 4 is 23.0 Å². The van der Waals surface area contributed by atoms with E-state index in [-0.39, 0.29) is 6.29 Å². The average molecular weight is 351 g/mol. The molecule has 2 rings (SSSR count). The number of azo groups is 1. The van der Waals surface area contributed by atoms with Gasteiger partial charge in [0.25, 0.3) is 0 Å². The van der Waals surface area contributed by atoms with Crippen LogP contribution in [0.2, 0.25) is 5.02 Å². The van der Waals surface area contributed by atoms with Crippen molar-refractivity contribution in [3.8, 4) is 0 Å². The predicted octanol–water partition coefficient (Wildman–Crippen LogP) is 3.62. The number of hydrogen-bond acceptors (Lipinski definition) is 6. The van der Waals surface area contributed by atoms with Crippen molar-refractivity contribution in [2.45, 2.75) is 25.6 Å². The molecule has 0 saturated heterocycles. The molecule has 1 aliphatic rings. The van der Waals surface area contributed by atoms with E-state index in [0.717, 1.165) is 43.7 Å². The van der Waals surface area contributed by atoms with Gasteiger partial charge in [-0.05, 0) is 37.6 Å². The first kappa shape index (κ1) is 18.5. The molecule has 132 valence electrons.